The lowest BCUT2D eigenvalue weighted by atomic mass is 10.3. The second kappa shape index (κ2) is 2.85. The van der Waals surface area contributed by atoms with E-state index in [4.69, 9.17) is 0 Å². The van der Waals surface area contributed by atoms with E-state index in [2.05, 4.69) is 11.5 Å². The van der Waals surface area contributed by atoms with Crippen molar-refractivity contribution in [3.8, 4) is 0 Å². The van der Waals surface area contributed by atoms with E-state index in [9.17, 15) is 4.79 Å². The Labute approximate surface area is 71.0 Å². The number of hydrogen-bond acceptors (Lipinski definition) is 2. The van der Waals surface area contributed by atoms with Crippen molar-refractivity contribution in [3.05, 3.63) is 30.3 Å². The van der Waals surface area contributed by atoms with Gasteiger partial charge in [0.05, 0.1) is 5.69 Å². The lowest BCUT2D eigenvalue weighted by molar-refractivity contribution is -0.119. The molecule has 0 saturated carbocycles. The van der Waals surface area contributed by atoms with Gasteiger partial charge in [-0.05, 0) is 18.2 Å². The SMILES string of the molecule is O=C1CCN(c2cc[c]cc2)N1. The molecule has 3 heteroatoms. The molecule has 1 radical (unpaired) electrons. The monoisotopic (exact) mass is 161 g/mol. The topological polar surface area (TPSA) is 32.3 Å². The van der Waals surface area contributed by atoms with Crippen molar-refractivity contribution in [2.45, 2.75) is 6.42 Å². The van der Waals surface area contributed by atoms with Crippen molar-refractivity contribution in [1.82, 2.24) is 5.43 Å². The van der Waals surface area contributed by atoms with E-state index in [1.807, 2.05) is 29.3 Å². The Balaban J connectivity index is 2.16. The number of amides is 1. The van der Waals surface area contributed by atoms with Crippen LogP contribution in [0.4, 0.5) is 5.69 Å². The van der Waals surface area contributed by atoms with Crippen LogP contribution < -0.4 is 10.4 Å². The molecule has 3 nitrogen and oxygen atoms in total. The fourth-order valence-electron chi connectivity index (χ4n) is 1.23. The summed E-state index contributed by atoms with van der Waals surface area (Å²) in [6.45, 7) is 0.753. The zero-order valence-electron chi connectivity index (χ0n) is 6.58. The summed E-state index contributed by atoms with van der Waals surface area (Å²) in [4.78, 5) is 10.9. The van der Waals surface area contributed by atoms with Gasteiger partial charge in [-0.15, -0.1) is 0 Å². The van der Waals surface area contributed by atoms with Crippen LogP contribution in [0.15, 0.2) is 24.3 Å². The van der Waals surface area contributed by atoms with Gasteiger partial charge < -0.3 is 0 Å². The molecule has 1 heterocycles. The molecule has 1 fully saturated rings. The molecule has 12 heavy (non-hydrogen) atoms. The van der Waals surface area contributed by atoms with E-state index < -0.39 is 0 Å². The van der Waals surface area contributed by atoms with Crippen molar-refractivity contribution in [2.24, 2.45) is 0 Å². The number of rotatable bonds is 1. The molecule has 0 aliphatic carbocycles. The van der Waals surface area contributed by atoms with E-state index in [0.29, 0.717) is 6.42 Å². The summed E-state index contributed by atoms with van der Waals surface area (Å²) in [5, 5.41) is 1.84. The molecular weight excluding hydrogens is 152 g/mol. The maximum absolute atomic E-state index is 10.9. The molecule has 2 rings (SSSR count). The highest BCUT2D eigenvalue weighted by atomic mass is 16.2. The van der Waals surface area contributed by atoms with Gasteiger partial charge in [-0.3, -0.25) is 15.2 Å². The molecule has 0 atom stereocenters. The highest BCUT2D eigenvalue weighted by Gasteiger charge is 2.17. The molecule has 0 spiro atoms. The van der Waals surface area contributed by atoms with E-state index in [1.54, 1.807) is 0 Å². The maximum Gasteiger partial charge on any atom is 0.240 e. The molecule has 1 saturated heterocycles. The molecule has 1 N–H and O–H groups in total. The Kier molecular flexibility index (Phi) is 1.70. The van der Waals surface area contributed by atoms with Gasteiger partial charge >= 0.3 is 0 Å². The third-order valence-corrected chi connectivity index (χ3v) is 1.83. The summed E-state index contributed by atoms with van der Waals surface area (Å²) in [6.07, 6.45) is 0.582. The molecule has 1 aliphatic heterocycles. The lowest BCUT2D eigenvalue weighted by Crippen LogP contribution is -2.32. The van der Waals surface area contributed by atoms with Gasteiger partial charge in [-0.1, -0.05) is 12.1 Å². The first kappa shape index (κ1) is 7.16. The first-order valence-electron chi connectivity index (χ1n) is 3.89. The molecule has 1 amide bonds. The number of carbonyl (C=O) groups excluding carboxylic acids is 1. The number of anilines is 1. The first-order valence-corrected chi connectivity index (χ1v) is 3.89. The smallest absolute Gasteiger partial charge is 0.240 e. The van der Waals surface area contributed by atoms with Crippen LogP contribution in [0.2, 0.25) is 0 Å². The normalized spacial score (nSPS) is 16.3. The summed E-state index contributed by atoms with van der Waals surface area (Å²) in [6, 6.07) is 10.4. The van der Waals surface area contributed by atoms with Crippen molar-refractivity contribution in [1.29, 1.82) is 0 Å². The van der Waals surface area contributed by atoms with Crippen molar-refractivity contribution in [3.63, 3.8) is 0 Å². The summed E-state index contributed by atoms with van der Waals surface area (Å²) < 4.78 is 0. The van der Waals surface area contributed by atoms with Gasteiger partial charge in [-0.2, -0.15) is 0 Å². The van der Waals surface area contributed by atoms with Crippen molar-refractivity contribution < 1.29 is 4.79 Å². The Bertz CT molecular complexity index is 284. The maximum atomic E-state index is 10.9. The summed E-state index contributed by atoms with van der Waals surface area (Å²) in [5.41, 5.74) is 3.76. The number of carbonyl (C=O) groups is 1. The number of benzene rings is 1. The first-order chi connectivity index (χ1) is 5.86. The highest BCUT2D eigenvalue weighted by molar-refractivity contribution is 5.81. The quantitative estimate of drug-likeness (QED) is 0.658. The van der Waals surface area contributed by atoms with Crippen LogP contribution >= 0.6 is 0 Å². The van der Waals surface area contributed by atoms with Crippen LogP contribution in [0.3, 0.4) is 0 Å². The minimum atomic E-state index is 0.0860. The molecule has 0 bridgehead atoms. The standard InChI is InChI=1S/C9H9N2O/c12-9-6-7-11(10-9)8-4-2-1-3-5-8/h2-5H,6-7H2,(H,10,12). The Morgan fingerprint density at radius 2 is 2.17 bits per heavy atom. The average Bonchev–Trinajstić information content (AvgIpc) is 2.54. The second-order valence-corrected chi connectivity index (χ2v) is 2.69. The van der Waals surface area contributed by atoms with Gasteiger partial charge in [0.1, 0.15) is 0 Å². The van der Waals surface area contributed by atoms with Crippen LogP contribution in [0.25, 0.3) is 0 Å². The lowest BCUT2D eigenvalue weighted by Gasteiger charge is -2.16. The third kappa shape index (κ3) is 1.25. The summed E-state index contributed by atoms with van der Waals surface area (Å²) in [7, 11) is 0. The average molecular weight is 161 g/mol. The molecule has 61 valence electrons. The molecular formula is C9H9N2O. The fourth-order valence-corrected chi connectivity index (χ4v) is 1.23. The second-order valence-electron chi connectivity index (χ2n) is 2.69. The number of hydrazine groups is 1. The van der Waals surface area contributed by atoms with E-state index in [0.717, 1.165) is 12.2 Å². The van der Waals surface area contributed by atoms with E-state index >= 15 is 0 Å². The predicted molar refractivity (Wildman–Crippen MR) is 45.4 cm³/mol. The largest absolute Gasteiger partial charge is 0.285 e. The minimum absolute atomic E-state index is 0.0860. The van der Waals surface area contributed by atoms with Crippen molar-refractivity contribution in [2.75, 3.05) is 11.6 Å². The fraction of sp³-hybridized carbons (Fsp3) is 0.222. The molecule has 1 aliphatic rings. The zero-order chi connectivity index (χ0) is 8.39. The van der Waals surface area contributed by atoms with Crippen LogP contribution in [-0.2, 0) is 4.79 Å². The van der Waals surface area contributed by atoms with Crippen LogP contribution in [0.1, 0.15) is 6.42 Å². The van der Waals surface area contributed by atoms with Crippen LogP contribution in [0, 0.1) is 6.07 Å². The minimum Gasteiger partial charge on any atom is -0.285 e. The highest BCUT2D eigenvalue weighted by Crippen LogP contribution is 2.13. The van der Waals surface area contributed by atoms with E-state index in [1.165, 1.54) is 0 Å². The van der Waals surface area contributed by atoms with Crippen LogP contribution in [0.5, 0.6) is 0 Å². The van der Waals surface area contributed by atoms with E-state index in [-0.39, 0.29) is 5.91 Å². The summed E-state index contributed by atoms with van der Waals surface area (Å²) in [5.74, 6) is 0.0860. The molecule has 0 unspecified atom stereocenters. The predicted octanol–water partition coefficient (Wildman–Crippen LogP) is 0.728. The van der Waals surface area contributed by atoms with Crippen LogP contribution in [-0.4, -0.2) is 12.5 Å². The van der Waals surface area contributed by atoms with Gasteiger partial charge in [0.2, 0.25) is 5.91 Å². The Hall–Kier alpha value is -1.51. The third-order valence-electron chi connectivity index (χ3n) is 1.83. The van der Waals surface area contributed by atoms with Gasteiger partial charge in [0, 0.05) is 13.0 Å². The molecule has 1 aromatic rings. The number of nitrogens with zero attached hydrogens (tertiary/aromatic N) is 1. The summed E-state index contributed by atoms with van der Waals surface area (Å²) >= 11 is 0. The van der Waals surface area contributed by atoms with Gasteiger partial charge in [0.15, 0.2) is 0 Å². The molecule has 1 aromatic carbocycles. The van der Waals surface area contributed by atoms with Crippen molar-refractivity contribution >= 4 is 11.6 Å². The number of nitrogens with one attached hydrogen (secondary N) is 1. The number of hydrogen-bond donors (Lipinski definition) is 1. The van der Waals surface area contributed by atoms with Gasteiger partial charge in [-0.25, -0.2) is 0 Å². The van der Waals surface area contributed by atoms with Gasteiger partial charge in [0.25, 0.3) is 0 Å². The Morgan fingerprint density at radius 3 is 2.75 bits per heavy atom. The zero-order valence-corrected chi connectivity index (χ0v) is 6.58. The molecule has 0 aromatic heterocycles. The Morgan fingerprint density at radius 1 is 1.42 bits per heavy atom.